The summed E-state index contributed by atoms with van der Waals surface area (Å²) in [5.74, 6) is -0.329. The monoisotopic (exact) mass is 470 g/mol. The average Bonchev–Trinajstić information content (AvgIpc) is 3.52. The average molecular weight is 471 g/mol. The molecule has 1 N–H and O–H groups in total. The van der Waals surface area contributed by atoms with Gasteiger partial charge in [0.25, 0.3) is 5.91 Å². The van der Waals surface area contributed by atoms with Gasteiger partial charge in [-0.25, -0.2) is 4.79 Å². The molecule has 2 aromatic rings. The van der Waals surface area contributed by atoms with E-state index in [0.29, 0.717) is 15.9 Å². The summed E-state index contributed by atoms with van der Waals surface area (Å²) in [6, 6.07) is 10.8. The van der Waals surface area contributed by atoms with Crippen LogP contribution in [0.2, 0.25) is 0 Å². The van der Waals surface area contributed by atoms with Gasteiger partial charge in [-0.1, -0.05) is 54.8 Å². The van der Waals surface area contributed by atoms with Crippen LogP contribution in [0.3, 0.4) is 0 Å². The maximum atomic E-state index is 13.4. The first kappa shape index (κ1) is 24.4. The third-order valence-corrected chi connectivity index (χ3v) is 7.85. The number of anilines is 1. The first-order valence-corrected chi connectivity index (χ1v) is 12.3. The molecule has 8 heteroatoms. The Morgan fingerprint density at radius 3 is 2.56 bits per heavy atom. The lowest BCUT2D eigenvalue weighted by atomic mass is 9.73. The molecule has 8 nitrogen and oxygen atoms in total. The lowest BCUT2D eigenvalue weighted by Crippen LogP contribution is -2.56. The van der Waals surface area contributed by atoms with E-state index in [0.717, 1.165) is 51.5 Å². The van der Waals surface area contributed by atoms with Gasteiger partial charge in [0.1, 0.15) is 18.9 Å². The van der Waals surface area contributed by atoms with Gasteiger partial charge < -0.3 is 18.8 Å². The first-order chi connectivity index (χ1) is 16.3. The van der Waals surface area contributed by atoms with Crippen molar-refractivity contribution in [1.29, 1.82) is 0 Å². The molecule has 4 rings (SSSR count). The molecular weight excluding hydrogens is 434 g/mol. The number of likely N-dealkylation sites (tertiary alicyclic amines) is 1. The van der Waals surface area contributed by atoms with Crippen molar-refractivity contribution in [2.75, 3.05) is 38.7 Å². The Hall–Kier alpha value is -2.71. The SMILES string of the molecule is CN(C(=O)C[N+]1(C)CCC[C@@H]1COC(=O)C(O)(c1ccccc1)C1CCCCC1)c1ccon1. The van der Waals surface area contributed by atoms with Crippen molar-refractivity contribution in [2.45, 2.75) is 56.6 Å². The van der Waals surface area contributed by atoms with Crippen LogP contribution >= 0.6 is 0 Å². The molecule has 3 atom stereocenters. The number of ether oxygens (including phenoxy) is 1. The quantitative estimate of drug-likeness (QED) is 0.470. The van der Waals surface area contributed by atoms with E-state index in [-0.39, 0.29) is 31.0 Å². The van der Waals surface area contributed by atoms with Crippen LogP contribution in [0.25, 0.3) is 0 Å². The van der Waals surface area contributed by atoms with E-state index >= 15 is 0 Å². The summed E-state index contributed by atoms with van der Waals surface area (Å²) in [7, 11) is 3.71. The second kappa shape index (κ2) is 10.3. The molecule has 184 valence electrons. The molecule has 2 fully saturated rings. The smallest absolute Gasteiger partial charge is 0.343 e. The van der Waals surface area contributed by atoms with Crippen molar-refractivity contribution >= 4 is 17.7 Å². The minimum atomic E-state index is -1.65. The topological polar surface area (TPSA) is 92.9 Å². The number of quaternary nitrogens is 1. The summed E-state index contributed by atoms with van der Waals surface area (Å²) in [4.78, 5) is 27.9. The first-order valence-electron chi connectivity index (χ1n) is 12.3. The van der Waals surface area contributed by atoms with E-state index in [9.17, 15) is 14.7 Å². The van der Waals surface area contributed by atoms with Gasteiger partial charge in [0.2, 0.25) is 0 Å². The number of rotatable bonds is 8. The Morgan fingerprint density at radius 2 is 1.88 bits per heavy atom. The number of likely N-dealkylation sites (N-methyl/N-ethyl adjacent to an activating group) is 2. The Kier molecular flexibility index (Phi) is 7.38. The van der Waals surface area contributed by atoms with Crippen molar-refractivity contribution in [3.05, 3.63) is 48.2 Å². The van der Waals surface area contributed by atoms with Crippen LogP contribution in [-0.2, 0) is 19.9 Å². The van der Waals surface area contributed by atoms with Gasteiger partial charge in [0.15, 0.2) is 18.0 Å². The molecule has 2 unspecified atom stereocenters. The molecule has 2 aliphatic rings. The molecule has 1 amide bonds. The number of carbonyl (C=O) groups excluding carboxylic acids is 2. The van der Waals surface area contributed by atoms with Crippen molar-refractivity contribution in [3.63, 3.8) is 0 Å². The van der Waals surface area contributed by atoms with Crippen LogP contribution in [0.1, 0.15) is 50.5 Å². The number of aromatic nitrogens is 1. The Balaban J connectivity index is 1.45. The molecule has 1 aliphatic heterocycles. The van der Waals surface area contributed by atoms with Crippen molar-refractivity contribution < 1.29 is 28.4 Å². The van der Waals surface area contributed by atoms with Crippen LogP contribution in [0, 0.1) is 5.92 Å². The molecule has 0 spiro atoms. The molecule has 1 aliphatic carbocycles. The van der Waals surface area contributed by atoms with Crippen LogP contribution in [-0.4, -0.2) is 66.5 Å². The number of nitrogens with zero attached hydrogens (tertiary/aromatic N) is 3. The summed E-state index contributed by atoms with van der Waals surface area (Å²) in [5.41, 5.74) is -1.05. The summed E-state index contributed by atoms with van der Waals surface area (Å²) < 4.78 is 11.2. The van der Waals surface area contributed by atoms with Gasteiger partial charge in [-0.3, -0.25) is 9.69 Å². The zero-order valence-corrected chi connectivity index (χ0v) is 20.2. The molecule has 0 bridgehead atoms. The molecule has 0 radical (unpaired) electrons. The van der Waals surface area contributed by atoms with Crippen LogP contribution in [0.4, 0.5) is 5.82 Å². The standard InChI is InChI=1S/C26H36N3O5/c1-28(23-15-17-34-27-23)24(30)18-29(2)16-9-14-22(29)19-33-25(31)26(32,20-10-5-3-6-11-20)21-12-7-4-8-13-21/h3,5-6,10-11,15,17,21-22,32H,4,7-9,12-14,16,18-19H2,1-2H3/q+1/t22-,26?,29?/m1/s1. The fourth-order valence-electron chi connectivity index (χ4n) is 5.59. The van der Waals surface area contributed by atoms with Crippen LogP contribution in [0.15, 0.2) is 47.2 Å². The van der Waals surface area contributed by atoms with E-state index in [1.54, 1.807) is 13.1 Å². The van der Waals surface area contributed by atoms with E-state index in [2.05, 4.69) is 5.16 Å². The number of esters is 1. The fourth-order valence-corrected chi connectivity index (χ4v) is 5.59. The fraction of sp³-hybridized carbons (Fsp3) is 0.577. The van der Waals surface area contributed by atoms with Gasteiger partial charge in [-0.15, -0.1) is 0 Å². The highest BCUT2D eigenvalue weighted by atomic mass is 16.6. The molecule has 1 aromatic heterocycles. The number of amides is 1. The van der Waals surface area contributed by atoms with Crippen molar-refractivity contribution in [2.24, 2.45) is 5.92 Å². The van der Waals surface area contributed by atoms with E-state index in [4.69, 9.17) is 9.26 Å². The van der Waals surface area contributed by atoms with Gasteiger partial charge in [0.05, 0.1) is 13.6 Å². The lowest BCUT2D eigenvalue weighted by Gasteiger charge is -2.38. The molecule has 1 saturated heterocycles. The zero-order valence-electron chi connectivity index (χ0n) is 20.2. The highest BCUT2D eigenvalue weighted by molar-refractivity contribution is 5.92. The third kappa shape index (κ3) is 4.88. The minimum absolute atomic E-state index is 0.00927. The van der Waals surface area contributed by atoms with Gasteiger partial charge in [0, 0.05) is 31.9 Å². The van der Waals surface area contributed by atoms with E-state index in [1.165, 1.54) is 11.2 Å². The highest BCUT2D eigenvalue weighted by Crippen LogP contribution is 2.40. The summed E-state index contributed by atoms with van der Waals surface area (Å²) in [6.07, 6.45) is 8.00. The Labute approximate surface area is 201 Å². The van der Waals surface area contributed by atoms with Crippen LogP contribution < -0.4 is 4.90 Å². The Bertz CT molecular complexity index is 960. The van der Waals surface area contributed by atoms with Crippen molar-refractivity contribution in [3.8, 4) is 0 Å². The van der Waals surface area contributed by atoms with E-state index in [1.807, 2.05) is 37.4 Å². The highest BCUT2D eigenvalue weighted by Gasteiger charge is 2.48. The third-order valence-electron chi connectivity index (χ3n) is 7.85. The maximum absolute atomic E-state index is 13.4. The summed E-state index contributed by atoms with van der Waals surface area (Å²) in [5, 5.41) is 15.6. The second-order valence-electron chi connectivity index (χ2n) is 10.0. The molecule has 2 heterocycles. The number of hydrogen-bond donors (Lipinski definition) is 1. The maximum Gasteiger partial charge on any atom is 0.343 e. The Morgan fingerprint density at radius 1 is 1.15 bits per heavy atom. The number of carbonyl (C=O) groups is 2. The van der Waals surface area contributed by atoms with E-state index < -0.39 is 11.6 Å². The normalized spacial score (nSPS) is 25.0. The lowest BCUT2D eigenvalue weighted by molar-refractivity contribution is -0.913. The number of hydrogen-bond acceptors (Lipinski definition) is 6. The van der Waals surface area contributed by atoms with Crippen LogP contribution in [0.5, 0.6) is 0 Å². The van der Waals surface area contributed by atoms with Gasteiger partial charge in [-0.05, 0) is 18.4 Å². The van der Waals surface area contributed by atoms with Crippen molar-refractivity contribution in [1.82, 2.24) is 5.16 Å². The molecule has 1 aromatic carbocycles. The molecule has 1 saturated carbocycles. The number of aliphatic hydroxyl groups is 1. The summed E-state index contributed by atoms with van der Waals surface area (Å²) in [6.45, 7) is 1.28. The largest absolute Gasteiger partial charge is 0.457 e. The summed E-state index contributed by atoms with van der Waals surface area (Å²) >= 11 is 0. The van der Waals surface area contributed by atoms with Gasteiger partial charge >= 0.3 is 5.97 Å². The zero-order chi connectivity index (χ0) is 24.2. The molecular formula is C26H36N3O5+. The predicted molar refractivity (Wildman–Crippen MR) is 127 cm³/mol. The second-order valence-corrected chi connectivity index (χ2v) is 10.0. The molecule has 34 heavy (non-hydrogen) atoms. The minimum Gasteiger partial charge on any atom is -0.457 e. The predicted octanol–water partition coefficient (Wildman–Crippen LogP) is 3.26. The van der Waals surface area contributed by atoms with Gasteiger partial charge in [-0.2, -0.15) is 0 Å². The number of benzene rings is 1.